The van der Waals surface area contributed by atoms with Crippen molar-refractivity contribution in [1.82, 2.24) is 9.21 Å². The molecule has 0 aromatic heterocycles. The fourth-order valence-corrected chi connectivity index (χ4v) is 4.88. The van der Waals surface area contributed by atoms with Crippen molar-refractivity contribution in [1.29, 1.82) is 0 Å². The van der Waals surface area contributed by atoms with E-state index in [1.54, 1.807) is 10.4 Å². The fraction of sp³-hybridized carbons (Fsp3) is 0.571. The zero-order valence-corrected chi connectivity index (χ0v) is 14.9. The number of sulfonamides is 1. The maximum absolute atomic E-state index is 12.9. The third-order valence-corrected chi connectivity index (χ3v) is 6.84. The van der Waals surface area contributed by atoms with E-state index in [9.17, 15) is 8.42 Å². The molecule has 2 rings (SSSR count). The van der Waals surface area contributed by atoms with Gasteiger partial charge in [0.2, 0.25) is 10.0 Å². The van der Waals surface area contributed by atoms with E-state index in [4.69, 9.17) is 5.73 Å². The molecule has 0 spiro atoms. The van der Waals surface area contributed by atoms with E-state index in [1.165, 1.54) is 0 Å². The van der Waals surface area contributed by atoms with Gasteiger partial charge in [-0.1, -0.05) is 22.9 Å². The Kier molecular flexibility index (Phi) is 5.43. The Morgan fingerprint density at radius 3 is 2.38 bits per heavy atom. The van der Waals surface area contributed by atoms with E-state index in [-0.39, 0.29) is 0 Å². The van der Waals surface area contributed by atoms with Crippen LogP contribution in [-0.4, -0.2) is 50.3 Å². The molecule has 0 saturated carbocycles. The van der Waals surface area contributed by atoms with Crippen molar-refractivity contribution in [3.63, 3.8) is 0 Å². The van der Waals surface area contributed by atoms with E-state index in [0.717, 1.165) is 35.2 Å². The van der Waals surface area contributed by atoms with Gasteiger partial charge in [-0.25, -0.2) is 8.42 Å². The average Bonchev–Trinajstić information content (AvgIpc) is 2.49. The minimum atomic E-state index is -3.46. The standard InChI is InChI=1S/C14H22BrN3O2S/c1-3-17-4-6-18(7-5-17)21(19,20)14-9-12(10-16)8-13(15)11(14)2/h8-9H,3-7,10,16H2,1-2H3. The highest BCUT2D eigenvalue weighted by atomic mass is 79.9. The lowest BCUT2D eigenvalue weighted by Gasteiger charge is -2.33. The van der Waals surface area contributed by atoms with Crippen molar-refractivity contribution in [2.45, 2.75) is 25.3 Å². The SMILES string of the molecule is CCN1CCN(S(=O)(=O)c2cc(CN)cc(Br)c2C)CC1. The first-order chi connectivity index (χ1) is 9.90. The molecule has 1 aliphatic heterocycles. The Morgan fingerprint density at radius 2 is 1.86 bits per heavy atom. The minimum Gasteiger partial charge on any atom is -0.326 e. The van der Waals surface area contributed by atoms with Gasteiger partial charge in [-0.2, -0.15) is 4.31 Å². The lowest BCUT2D eigenvalue weighted by Crippen LogP contribution is -2.48. The third kappa shape index (κ3) is 3.48. The van der Waals surface area contributed by atoms with Crippen molar-refractivity contribution in [2.75, 3.05) is 32.7 Å². The molecule has 21 heavy (non-hydrogen) atoms. The number of piperazine rings is 1. The molecular formula is C14H22BrN3O2S. The number of halogens is 1. The molecule has 1 heterocycles. The summed E-state index contributed by atoms with van der Waals surface area (Å²) in [5.74, 6) is 0. The van der Waals surface area contributed by atoms with Gasteiger partial charge >= 0.3 is 0 Å². The van der Waals surface area contributed by atoms with E-state index in [1.807, 2.05) is 13.0 Å². The smallest absolute Gasteiger partial charge is 0.243 e. The number of nitrogens with zero attached hydrogens (tertiary/aromatic N) is 2. The zero-order chi connectivity index (χ0) is 15.6. The Bertz CT molecular complexity index is 611. The molecular weight excluding hydrogens is 354 g/mol. The summed E-state index contributed by atoms with van der Waals surface area (Å²) >= 11 is 3.43. The summed E-state index contributed by atoms with van der Waals surface area (Å²) in [4.78, 5) is 2.62. The molecule has 1 saturated heterocycles. The van der Waals surface area contributed by atoms with Crippen LogP contribution >= 0.6 is 15.9 Å². The van der Waals surface area contributed by atoms with Crippen LogP contribution in [0.15, 0.2) is 21.5 Å². The summed E-state index contributed by atoms with van der Waals surface area (Å²) in [6.07, 6.45) is 0. The van der Waals surface area contributed by atoms with Crippen LogP contribution in [0.3, 0.4) is 0 Å². The Balaban J connectivity index is 2.34. The average molecular weight is 376 g/mol. The summed E-state index contributed by atoms with van der Waals surface area (Å²) < 4.78 is 28.1. The summed E-state index contributed by atoms with van der Waals surface area (Å²) in [7, 11) is -3.46. The largest absolute Gasteiger partial charge is 0.326 e. The van der Waals surface area contributed by atoms with Gasteiger partial charge < -0.3 is 10.6 Å². The van der Waals surface area contributed by atoms with Gasteiger partial charge in [-0.3, -0.25) is 0 Å². The van der Waals surface area contributed by atoms with Gasteiger partial charge in [-0.05, 0) is 36.7 Å². The summed E-state index contributed by atoms with van der Waals surface area (Å²) in [5.41, 5.74) is 7.22. The van der Waals surface area contributed by atoms with Crippen molar-refractivity contribution in [3.05, 3.63) is 27.7 Å². The van der Waals surface area contributed by atoms with E-state index >= 15 is 0 Å². The molecule has 7 heteroatoms. The summed E-state index contributed by atoms with van der Waals surface area (Å²) in [6.45, 7) is 7.85. The highest BCUT2D eigenvalue weighted by molar-refractivity contribution is 9.10. The van der Waals surface area contributed by atoms with Crippen LogP contribution in [0.4, 0.5) is 0 Å². The highest BCUT2D eigenvalue weighted by Crippen LogP contribution is 2.28. The van der Waals surface area contributed by atoms with Gasteiger partial charge in [0, 0.05) is 37.2 Å². The fourth-order valence-electron chi connectivity index (χ4n) is 2.52. The molecule has 1 aromatic rings. The summed E-state index contributed by atoms with van der Waals surface area (Å²) in [6, 6.07) is 3.57. The predicted octanol–water partition coefficient (Wildman–Crippen LogP) is 1.54. The van der Waals surface area contributed by atoms with Crippen LogP contribution < -0.4 is 5.73 Å². The molecule has 0 aliphatic carbocycles. The second-order valence-corrected chi connectivity index (χ2v) is 8.00. The topological polar surface area (TPSA) is 66.6 Å². The Morgan fingerprint density at radius 1 is 1.24 bits per heavy atom. The molecule has 1 aliphatic rings. The van der Waals surface area contributed by atoms with Crippen molar-refractivity contribution < 1.29 is 8.42 Å². The molecule has 0 unspecified atom stereocenters. The molecule has 118 valence electrons. The third-order valence-electron chi connectivity index (χ3n) is 3.99. The Labute approximate surface area is 135 Å². The first-order valence-corrected chi connectivity index (χ1v) is 9.35. The van der Waals surface area contributed by atoms with Crippen LogP contribution in [0.1, 0.15) is 18.1 Å². The first-order valence-electron chi connectivity index (χ1n) is 7.11. The maximum Gasteiger partial charge on any atom is 0.243 e. The molecule has 5 nitrogen and oxygen atoms in total. The molecule has 0 atom stereocenters. The van der Waals surface area contributed by atoms with Gasteiger partial charge in [0.15, 0.2) is 0 Å². The minimum absolute atomic E-state index is 0.324. The van der Waals surface area contributed by atoms with E-state index in [2.05, 4.69) is 27.8 Å². The molecule has 0 bridgehead atoms. The number of nitrogens with two attached hydrogens (primary N) is 1. The van der Waals surface area contributed by atoms with Crippen LogP contribution in [0.2, 0.25) is 0 Å². The van der Waals surface area contributed by atoms with Crippen LogP contribution in [-0.2, 0) is 16.6 Å². The van der Waals surface area contributed by atoms with Gasteiger partial charge in [-0.15, -0.1) is 0 Å². The van der Waals surface area contributed by atoms with Gasteiger partial charge in [0.05, 0.1) is 4.90 Å². The molecule has 1 aromatic carbocycles. The number of hydrogen-bond acceptors (Lipinski definition) is 4. The number of rotatable bonds is 4. The van der Waals surface area contributed by atoms with E-state index in [0.29, 0.717) is 24.5 Å². The van der Waals surface area contributed by atoms with Crippen LogP contribution in [0.5, 0.6) is 0 Å². The first kappa shape index (κ1) is 16.9. The second-order valence-electron chi connectivity index (χ2n) is 5.24. The van der Waals surface area contributed by atoms with Crippen molar-refractivity contribution in [2.24, 2.45) is 5.73 Å². The quantitative estimate of drug-likeness (QED) is 0.866. The van der Waals surface area contributed by atoms with Crippen LogP contribution in [0.25, 0.3) is 0 Å². The van der Waals surface area contributed by atoms with Crippen molar-refractivity contribution >= 4 is 26.0 Å². The lowest BCUT2D eigenvalue weighted by atomic mass is 10.1. The zero-order valence-electron chi connectivity index (χ0n) is 12.5. The van der Waals surface area contributed by atoms with Gasteiger partial charge in [0.25, 0.3) is 0 Å². The maximum atomic E-state index is 12.9. The number of likely N-dealkylation sites (N-methyl/N-ethyl adjacent to an activating group) is 1. The second kappa shape index (κ2) is 6.75. The van der Waals surface area contributed by atoms with Crippen LogP contribution in [0, 0.1) is 6.92 Å². The van der Waals surface area contributed by atoms with Crippen molar-refractivity contribution in [3.8, 4) is 0 Å². The highest BCUT2D eigenvalue weighted by Gasteiger charge is 2.29. The van der Waals surface area contributed by atoms with E-state index < -0.39 is 10.0 Å². The number of benzene rings is 1. The summed E-state index contributed by atoms with van der Waals surface area (Å²) in [5, 5.41) is 0. The number of hydrogen-bond donors (Lipinski definition) is 1. The Hall–Kier alpha value is -0.470. The molecule has 2 N–H and O–H groups in total. The molecule has 1 fully saturated rings. The normalized spacial score (nSPS) is 18.1. The molecule has 0 radical (unpaired) electrons. The monoisotopic (exact) mass is 375 g/mol. The lowest BCUT2D eigenvalue weighted by molar-refractivity contribution is 0.196. The predicted molar refractivity (Wildman–Crippen MR) is 87.6 cm³/mol. The van der Waals surface area contributed by atoms with Gasteiger partial charge in [0.1, 0.15) is 0 Å². The molecule has 0 amide bonds.